The van der Waals surface area contributed by atoms with Crippen LogP contribution in [0.2, 0.25) is 0 Å². The number of nitrogens with one attached hydrogen (secondary N) is 2. The Kier molecular flexibility index (Phi) is 2.49. The first-order valence-electron chi connectivity index (χ1n) is 5.00. The molecule has 80 valence electrons. The van der Waals surface area contributed by atoms with Crippen molar-refractivity contribution < 1.29 is 4.42 Å². The predicted molar refractivity (Wildman–Crippen MR) is 58.8 cm³/mol. The molecular weight excluding hydrogens is 190 g/mol. The number of rotatable bonds is 3. The maximum absolute atomic E-state index is 5.33. The molecule has 1 atom stereocenters. The van der Waals surface area contributed by atoms with E-state index in [1.807, 2.05) is 26.0 Å². The van der Waals surface area contributed by atoms with Gasteiger partial charge in [-0.2, -0.15) is 5.10 Å². The number of hydrogen-bond donors (Lipinski definition) is 2. The van der Waals surface area contributed by atoms with Crippen molar-refractivity contribution in [1.29, 1.82) is 0 Å². The molecule has 0 saturated carbocycles. The zero-order chi connectivity index (χ0) is 10.8. The minimum Gasteiger partial charge on any atom is -0.467 e. The molecule has 1 unspecified atom stereocenters. The topological polar surface area (TPSA) is 53.9 Å². The number of anilines is 1. The standard InChI is InChI=1S/C11H15N3O/c1-7(10-5-4-6-15-10)12-11-8(2)13-14-9(11)3/h4-7,12H,1-3H3,(H,13,14). The normalized spacial score (nSPS) is 12.7. The average Bonchev–Trinajstić information content (AvgIpc) is 2.82. The van der Waals surface area contributed by atoms with Crippen LogP contribution < -0.4 is 5.32 Å². The lowest BCUT2D eigenvalue weighted by molar-refractivity contribution is 0.490. The van der Waals surface area contributed by atoms with Gasteiger partial charge in [0.1, 0.15) is 5.76 Å². The molecule has 0 saturated heterocycles. The van der Waals surface area contributed by atoms with Crippen LogP contribution in [0, 0.1) is 13.8 Å². The Labute approximate surface area is 88.7 Å². The molecular formula is C11H15N3O. The third-order valence-electron chi connectivity index (χ3n) is 2.46. The van der Waals surface area contributed by atoms with Gasteiger partial charge in [-0.1, -0.05) is 0 Å². The first kappa shape index (κ1) is 9.83. The summed E-state index contributed by atoms with van der Waals surface area (Å²) in [6, 6.07) is 4.00. The van der Waals surface area contributed by atoms with E-state index in [9.17, 15) is 0 Å². The van der Waals surface area contributed by atoms with Crippen molar-refractivity contribution in [1.82, 2.24) is 10.2 Å². The monoisotopic (exact) mass is 205 g/mol. The Bertz CT molecular complexity index is 411. The van der Waals surface area contributed by atoms with Crippen LogP contribution in [0.25, 0.3) is 0 Å². The van der Waals surface area contributed by atoms with E-state index < -0.39 is 0 Å². The van der Waals surface area contributed by atoms with Crippen LogP contribution in [0.3, 0.4) is 0 Å². The summed E-state index contributed by atoms with van der Waals surface area (Å²) in [7, 11) is 0. The molecule has 0 radical (unpaired) electrons. The molecule has 2 aromatic heterocycles. The van der Waals surface area contributed by atoms with Gasteiger partial charge in [0.25, 0.3) is 0 Å². The van der Waals surface area contributed by atoms with Gasteiger partial charge in [0.05, 0.1) is 29.4 Å². The van der Waals surface area contributed by atoms with E-state index in [4.69, 9.17) is 4.42 Å². The van der Waals surface area contributed by atoms with Gasteiger partial charge in [-0.25, -0.2) is 0 Å². The Hall–Kier alpha value is -1.71. The predicted octanol–water partition coefficient (Wildman–Crippen LogP) is 2.79. The molecule has 0 aliphatic rings. The molecule has 0 fully saturated rings. The summed E-state index contributed by atoms with van der Waals surface area (Å²) in [6.07, 6.45) is 1.68. The summed E-state index contributed by atoms with van der Waals surface area (Å²) in [5, 5.41) is 10.5. The molecule has 2 rings (SSSR count). The second-order valence-corrected chi connectivity index (χ2v) is 3.69. The highest BCUT2D eigenvalue weighted by Crippen LogP contribution is 2.23. The lowest BCUT2D eigenvalue weighted by Gasteiger charge is -2.12. The van der Waals surface area contributed by atoms with Crippen molar-refractivity contribution >= 4 is 5.69 Å². The lowest BCUT2D eigenvalue weighted by Crippen LogP contribution is -2.06. The highest BCUT2D eigenvalue weighted by Gasteiger charge is 2.12. The van der Waals surface area contributed by atoms with Gasteiger partial charge in [0.15, 0.2) is 0 Å². The maximum atomic E-state index is 5.33. The SMILES string of the molecule is Cc1n[nH]c(C)c1NC(C)c1ccco1. The highest BCUT2D eigenvalue weighted by atomic mass is 16.3. The Morgan fingerprint density at radius 3 is 2.80 bits per heavy atom. The molecule has 0 bridgehead atoms. The van der Waals surface area contributed by atoms with Crippen molar-refractivity contribution in [3.8, 4) is 0 Å². The minimum absolute atomic E-state index is 0.148. The van der Waals surface area contributed by atoms with Crippen LogP contribution >= 0.6 is 0 Å². The molecule has 0 spiro atoms. The van der Waals surface area contributed by atoms with E-state index in [1.54, 1.807) is 6.26 Å². The number of hydrogen-bond acceptors (Lipinski definition) is 3. The zero-order valence-corrected chi connectivity index (χ0v) is 9.16. The van der Waals surface area contributed by atoms with Crippen LogP contribution in [0.15, 0.2) is 22.8 Å². The number of H-pyrrole nitrogens is 1. The summed E-state index contributed by atoms with van der Waals surface area (Å²) in [5.74, 6) is 0.926. The van der Waals surface area contributed by atoms with E-state index in [0.717, 1.165) is 22.8 Å². The first-order chi connectivity index (χ1) is 7.18. The van der Waals surface area contributed by atoms with Gasteiger partial charge in [0.2, 0.25) is 0 Å². The summed E-state index contributed by atoms with van der Waals surface area (Å²) >= 11 is 0. The van der Waals surface area contributed by atoms with Crippen molar-refractivity contribution in [2.45, 2.75) is 26.8 Å². The second kappa shape index (κ2) is 3.81. The van der Waals surface area contributed by atoms with E-state index >= 15 is 0 Å². The number of furan rings is 1. The quantitative estimate of drug-likeness (QED) is 0.810. The molecule has 0 amide bonds. The molecule has 2 heterocycles. The van der Waals surface area contributed by atoms with E-state index in [1.165, 1.54) is 0 Å². The number of aromatic amines is 1. The summed E-state index contributed by atoms with van der Waals surface area (Å²) < 4.78 is 5.33. The third-order valence-corrected chi connectivity index (χ3v) is 2.46. The van der Waals surface area contributed by atoms with E-state index in [-0.39, 0.29) is 6.04 Å². The van der Waals surface area contributed by atoms with Crippen molar-refractivity contribution in [2.24, 2.45) is 0 Å². The van der Waals surface area contributed by atoms with E-state index in [2.05, 4.69) is 22.4 Å². The number of aryl methyl sites for hydroxylation is 2. The fourth-order valence-corrected chi connectivity index (χ4v) is 1.59. The number of nitrogens with zero attached hydrogens (tertiary/aromatic N) is 1. The molecule has 15 heavy (non-hydrogen) atoms. The molecule has 0 aromatic carbocycles. The van der Waals surface area contributed by atoms with Crippen LogP contribution in [-0.2, 0) is 0 Å². The minimum atomic E-state index is 0.148. The Balaban J connectivity index is 2.16. The van der Waals surface area contributed by atoms with Gasteiger partial charge in [-0.05, 0) is 32.9 Å². The van der Waals surface area contributed by atoms with Gasteiger partial charge in [-0.15, -0.1) is 0 Å². The van der Waals surface area contributed by atoms with Crippen LogP contribution in [0.4, 0.5) is 5.69 Å². The van der Waals surface area contributed by atoms with Gasteiger partial charge in [0, 0.05) is 0 Å². The Morgan fingerprint density at radius 1 is 1.47 bits per heavy atom. The smallest absolute Gasteiger partial charge is 0.125 e. The largest absolute Gasteiger partial charge is 0.467 e. The molecule has 4 nitrogen and oxygen atoms in total. The van der Waals surface area contributed by atoms with E-state index in [0.29, 0.717) is 0 Å². The fourth-order valence-electron chi connectivity index (χ4n) is 1.59. The second-order valence-electron chi connectivity index (χ2n) is 3.69. The average molecular weight is 205 g/mol. The zero-order valence-electron chi connectivity index (χ0n) is 9.16. The lowest BCUT2D eigenvalue weighted by atomic mass is 10.2. The van der Waals surface area contributed by atoms with Crippen LogP contribution in [-0.4, -0.2) is 10.2 Å². The molecule has 0 aliphatic heterocycles. The van der Waals surface area contributed by atoms with Gasteiger partial charge in [-0.3, -0.25) is 5.10 Å². The molecule has 2 N–H and O–H groups in total. The third kappa shape index (κ3) is 1.88. The Morgan fingerprint density at radius 2 is 2.27 bits per heavy atom. The molecule has 2 aromatic rings. The van der Waals surface area contributed by atoms with Crippen LogP contribution in [0.1, 0.15) is 30.1 Å². The number of aromatic nitrogens is 2. The highest BCUT2D eigenvalue weighted by molar-refractivity contribution is 5.52. The molecule has 4 heteroatoms. The van der Waals surface area contributed by atoms with Gasteiger partial charge < -0.3 is 9.73 Å². The fraction of sp³-hybridized carbons (Fsp3) is 0.364. The van der Waals surface area contributed by atoms with Gasteiger partial charge >= 0.3 is 0 Å². The summed E-state index contributed by atoms with van der Waals surface area (Å²) in [6.45, 7) is 6.03. The van der Waals surface area contributed by atoms with Crippen molar-refractivity contribution in [3.05, 3.63) is 35.5 Å². The van der Waals surface area contributed by atoms with Crippen molar-refractivity contribution in [2.75, 3.05) is 5.32 Å². The maximum Gasteiger partial charge on any atom is 0.125 e. The first-order valence-corrected chi connectivity index (χ1v) is 5.00. The summed E-state index contributed by atoms with van der Waals surface area (Å²) in [5.41, 5.74) is 3.08. The molecule has 0 aliphatic carbocycles. The summed E-state index contributed by atoms with van der Waals surface area (Å²) in [4.78, 5) is 0. The van der Waals surface area contributed by atoms with Crippen molar-refractivity contribution in [3.63, 3.8) is 0 Å². The van der Waals surface area contributed by atoms with Crippen LogP contribution in [0.5, 0.6) is 0 Å².